The summed E-state index contributed by atoms with van der Waals surface area (Å²) in [5.41, 5.74) is 4.62. The molecule has 0 heterocycles. The van der Waals surface area contributed by atoms with Crippen LogP contribution in [0.5, 0.6) is 0 Å². The second-order valence-corrected chi connectivity index (χ2v) is 3.16. The summed E-state index contributed by atoms with van der Waals surface area (Å²) in [6.07, 6.45) is 1.02. The normalized spacial score (nSPS) is 9.00. The number of nitrogens with two attached hydrogens (primary N) is 1. The molecular weight excluding hydrogens is 248 g/mol. The third-order valence-electron chi connectivity index (χ3n) is 1.68. The summed E-state index contributed by atoms with van der Waals surface area (Å²) < 4.78 is 0. The van der Waals surface area contributed by atoms with Crippen LogP contribution < -0.4 is 5.73 Å². The average molecular weight is 266 g/mol. The molecule has 0 saturated carbocycles. The lowest BCUT2D eigenvalue weighted by molar-refractivity contribution is -0.139. The van der Waals surface area contributed by atoms with Crippen molar-refractivity contribution in [2.45, 2.75) is 25.7 Å². The van der Waals surface area contributed by atoms with Crippen molar-refractivity contribution >= 4 is 18.0 Å². The number of carbonyl (C=O) groups excluding carboxylic acids is 1. The number of unbranched alkanes of at least 4 members (excludes halogenated alkanes) is 1. The highest BCUT2D eigenvalue weighted by molar-refractivity contribution is 5.71. The van der Waals surface area contributed by atoms with E-state index in [0.717, 1.165) is 0 Å². The Morgan fingerprint density at radius 2 is 1.22 bits per heavy atom. The summed E-state index contributed by atoms with van der Waals surface area (Å²) in [5, 5.41) is 32.6. The minimum absolute atomic E-state index is 0.0628. The molecule has 9 nitrogen and oxygen atoms in total. The molecule has 0 aliphatic carbocycles. The van der Waals surface area contributed by atoms with Gasteiger partial charge in [0, 0.05) is 12.8 Å². The maximum Gasteiger partial charge on any atom is 0.318 e. The van der Waals surface area contributed by atoms with Crippen LogP contribution in [0, 0.1) is 0 Å². The molecule has 0 unspecified atom stereocenters. The van der Waals surface area contributed by atoms with Gasteiger partial charge in [0.25, 0.3) is 0 Å². The van der Waals surface area contributed by atoms with Crippen molar-refractivity contribution in [1.29, 1.82) is 0 Å². The molecule has 2 amide bonds. The molecule has 0 aliphatic rings. The number of urea groups is 1. The molecule has 0 aliphatic heterocycles. The second-order valence-electron chi connectivity index (χ2n) is 3.16. The second kappa shape index (κ2) is 11.6. The quantitative estimate of drug-likeness (QED) is 0.291. The first kappa shape index (κ1) is 18.5. The number of hydrogen-bond donors (Lipinski definition) is 5. The molecule has 0 saturated heterocycles. The van der Waals surface area contributed by atoms with Crippen LogP contribution in [-0.2, 0) is 9.59 Å². The minimum Gasteiger partial charge on any atom is -0.481 e. The zero-order chi connectivity index (χ0) is 14.6. The highest BCUT2D eigenvalue weighted by Gasteiger charge is 2.02. The standard InChI is InChI=1S/C6H10O4.C3H8N2O3/c7-5(8)3-1-2-4-6(9)10;4-3(8)5(1-6)2-7/h1-4H2,(H,7,8)(H,9,10);6-7H,1-2H2,(H2,4,8). The molecule has 0 rings (SSSR count). The maximum absolute atomic E-state index is 9.99. The molecule has 6 N–H and O–H groups in total. The number of rotatable bonds is 7. The first-order valence-electron chi connectivity index (χ1n) is 5.04. The van der Waals surface area contributed by atoms with Gasteiger partial charge in [-0.05, 0) is 12.8 Å². The summed E-state index contributed by atoms with van der Waals surface area (Å²) in [6, 6.07) is -0.838. The number of nitrogens with zero attached hydrogens (tertiary/aromatic N) is 1. The van der Waals surface area contributed by atoms with E-state index in [4.69, 9.17) is 20.4 Å². The van der Waals surface area contributed by atoms with Crippen LogP contribution in [0.15, 0.2) is 0 Å². The molecular formula is C9H18N2O7. The Bertz CT molecular complexity index is 250. The van der Waals surface area contributed by atoms with Gasteiger partial charge in [0.1, 0.15) is 13.5 Å². The lowest BCUT2D eigenvalue weighted by atomic mass is 10.2. The average Bonchev–Trinajstić information content (AvgIpc) is 2.26. The largest absolute Gasteiger partial charge is 0.481 e. The Hall–Kier alpha value is -1.87. The van der Waals surface area contributed by atoms with Gasteiger partial charge in [-0.2, -0.15) is 0 Å². The smallest absolute Gasteiger partial charge is 0.318 e. The van der Waals surface area contributed by atoms with Crippen LogP contribution in [0.1, 0.15) is 25.7 Å². The van der Waals surface area contributed by atoms with Crippen LogP contribution in [0.3, 0.4) is 0 Å². The molecule has 18 heavy (non-hydrogen) atoms. The van der Waals surface area contributed by atoms with Crippen molar-refractivity contribution < 1.29 is 34.8 Å². The first-order valence-corrected chi connectivity index (χ1v) is 5.04. The molecule has 0 radical (unpaired) electrons. The molecule has 9 heteroatoms. The summed E-state index contributed by atoms with van der Waals surface area (Å²) in [4.78, 5) is 30.4. The van der Waals surface area contributed by atoms with Crippen molar-refractivity contribution in [2.75, 3.05) is 13.5 Å². The van der Waals surface area contributed by atoms with Crippen molar-refractivity contribution in [1.82, 2.24) is 4.90 Å². The first-order chi connectivity index (χ1) is 8.34. The van der Waals surface area contributed by atoms with E-state index in [2.05, 4.69) is 5.73 Å². The zero-order valence-corrected chi connectivity index (χ0v) is 9.78. The number of amides is 2. The fourth-order valence-electron chi connectivity index (χ4n) is 0.737. The van der Waals surface area contributed by atoms with Gasteiger partial charge in [-0.25, -0.2) is 4.79 Å². The van der Waals surface area contributed by atoms with Gasteiger partial charge in [0.05, 0.1) is 0 Å². The zero-order valence-electron chi connectivity index (χ0n) is 9.78. The van der Waals surface area contributed by atoms with Crippen molar-refractivity contribution in [3.8, 4) is 0 Å². The highest BCUT2D eigenvalue weighted by Crippen LogP contribution is 1.98. The van der Waals surface area contributed by atoms with Crippen LogP contribution in [-0.4, -0.2) is 56.8 Å². The van der Waals surface area contributed by atoms with Gasteiger partial charge in [-0.15, -0.1) is 0 Å². The Labute approximate surface area is 103 Å². The Morgan fingerprint density at radius 1 is 0.889 bits per heavy atom. The molecule has 106 valence electrons. The topological polar surface area (TPSA) is 161 Å². The summed E-state index contributed by atoms with van der Waals surface area (Å²) in [6.45, 7) is -1.10. The van der Waals surface area contributed by atoms with E-state index >= 15 is 0 Å². The van der Waals surface area contributed by atoms with Gasteiger partial charge >= 0.3 is 18.0 Å². The third-order valence-corrected chi connectivity index (χ3v) is 1.68. The van der Waals surface area contributed by atoms with E-state index in [9.17, 15) is 14.4 Å². The lowest BCUT2D eigenvalue weighted by Crippen LogP contribution is -2.36. The number of aliphatic hydroxyl groups excluding tert-OH is 2. The van der Waals surface area contributed by atoms with Crippen LogP contribution in [0.2, 0.25) is 0 Å². The SMILES string of the molecule is NC(=O)N(CO)CO.O=C(O)CCCCC(=O)O. The van der Waals surface area contributed by atoms with Crippen molar-refractivity contribution in [3.05, 3.63) is 0 Å². The molecule has 0 aromatic rings. The van der Waals surface area contributed by atoms with Gasteiger partial charge in [0.2, 0.25) is 0 Å². The monoisotopic (exact) mass is 266 g/mol. The third kappa shape index (κ3) is 14.1. The fraction of sp³-hybridized carbons (Fsp3) is 0.667. The van der Waals surface area contributed by atoms with Crippen molar-refractivity contribution in [2.24, 2.45) is 5.73 Å². The molecule has 0 aromatic heterocycles. The maximum atomic E-state index is 9.99. The fourth-order valence-corrected chi connectivity index (χ4v) is 0.737. The Kier molecular flexibility index (Phi) is 11.9. The van der Waals surface area contributed by atoms with Gasteiger partial charge in [-0.1, -0.05) is 0 Å². The Balaban J connectivity index is 0. The van der Waals surface area contributed by atoms with E-state index < -0.39 is 31.4 Å². The van der Waals surface area contributed by atoms with Gasteiger partial charge in [-0.3, -0.25) is 14.5 Å². The van der Waals surface area contributed by atoms with Gasteiger partial charge in [0.15, 0.2) is 0 Å². The van der Waals surface area contributed by atoms with E-state index in [1.54, 1.807) is 0 Å². The number of aliphatic carboxylic acids is 2. The number of primary amides is 1. The number of carboxylic acids is 2. The number of aliphatic hydroxyl groups is 2. The highest BCUT2D eigenvalue weighted by atomic mass is 16.4. The van der Waals surface area contributed by atoms with Crippen LogP contribution >= 0.6 is 0 Å². The summed E-state index contributed by atoms with van der Waals surface area (Å²) in [5.74, 6) is -1.74. The molecule has 0 spiro atoms. The van der Waals surface area contributed by atoms with E-state index in [0.29, 0.717) is 17.7 Å². The van der Waals surface area contributed by atoms with Gasteiger partial charge < -0.3 is 26.2 Å². The molecule has 0 atom stereocenters. The lowest BCUT2D eigenvalue weighted by Gasteiger charge is -2.11. The van der Waals surface area contributed by atoms with E-state index in [1.165, 1.54) is 0 Å². The summed E-state index contributed by atoms with van der Waals surface area (Å²) in [7, 11) is 0. The number of hydrogen-bond acceptors (Lipinski definition) is 5. The Morgan fingerprint density at radius 3 is 1.33 bits per heavy atom. The van der Waals surface area contributed by atoms with E-state index in [1.807, 2.05) is 0 Å². The predicted molar refractivity (Wildman–Crippen MR) is 59.3 cm³/mol. The van der Waals surface area contributed by atoms with Crippen molar-refractivity contribution in [3.63, 3.8) is 0 Å². The van der Waals surface area contributed by atoms with E-state index in [-0.39, 0.29) is 12.8 Å². The minimum atomic E-state index is -0.870. The van der Waals surface area contributed by atoms with Crippen LogP contribution in [0.25, 0.3) is 0 Å². The molecule has 0 aromatic carbocycles. The predicted octanol–water partition coefficient (Wildman–Crippen LogP) is -1.02. The number of carboxylic acid groups (broad SMARTS) is 2. The number of carbonyl (C=O) groups is 3. The molecule has 0 bridgehead atoms. The van der Waals surface area contributed by atoms with Crippen LogP contribution in [0.4, 0.5) is 4.79 Å². The summed E-state index contributed by atoms with van der Waals surface area (Å²) >= 11 is 0. The molecule has 0 fully saturated rings.